The van der Waals surface area contributed by atoms with Crippen molar-refractivity contribution in [2.75, 3.05) is 33.4 Å². The van der Waals surface area contributed by atoms with Crippen LogP contribution in [0, 0.1) is 5.92 Å². The summed E-state index contributed by atoms with van der Waals surface area (Å²) in [4.78, 5) is 25.7. The molecule has 0 radical (unpaired) electrons. The molecule has 21 heavy (non-hydrogen) atoms. The van der Waals surface area contributed by atoms with Crippen LogP contribution < -0.4 is 5.32 Å². The standard InChI is InChI=1S/C15H23N3O3/c1-21-12-14(19)18-9-4-5-13(11-18)15(20)16-6-10-17-7-2-3-8-17/h2-3,7-8,13H,4-6,9-12H2,1H3,(H,16,20). The van der Waals surface area contributed by atoms with Gasteiger partial charge in [0.1, 0.15) is 6.61 Å². The van der Waals surface area contributed by atoms with E-state index in [0.717, 1.165) is 25.9 Å². The van der Waals surface area contributed by atoms with Crippen molar-refractivity contribution in [3.63, 3.8) is 0 Å². The van der Waals surface area contributed by atoms with Crippen LogP contribution in [0.25, 0.3) is 0 Å². The van der Waals surface area contributed by atoms with Crippen LogP contribution in [0.5, 0.6) is 0 Å². The number of rotatable bonds is 6. The van der Waals surface area contributed by atoms with E-state index in [1.807, 2.05) is 29.1 Å². The first-order chi connectivity index (χ1) is 10.2. The first kappa shape index (κ1) is 15.6. The van der Waals surface area contributed by atoms with Crippen molar-refractivity contribution in [1.29, 1.82) is 0 Å². The second-order valence-electron chi connectivity index (χ2n) is 5.32. The van der Waals surface area contributed by atoms with Crippen LogP contribution in [-0.2, 0) is 20.9 Å². The Balaban J connectivity index is 1.75. The average Bonchev–Trinajstić information content (AvgIpc) is 3.01. The largest absolute Gasteiger partial charge is 0.375 e. The van der Waals surface area contributed by atoms with E-state index < -0.39 is 0 Å². The highest BCUT2D eigenvalue weighted by atomic mass is 16.5. The Hall–Kier alpha value is -1.82. The van der Waals surface area contributed by atoms with Gasteiger partial charge >= 0.3 is 0 Å². The molecule has 0 bridgehead atoms. The SMILES string of the molecule is COCC(=O)N1CCCC(C(=O)NCCn2cccc2)C1. The van der Waals surface area contributed by atoms with Gasteiger partial charge in [-0.15, -0.1) is 0 Å². The van der Waals surface area contributed by atoms with Crippen LogP contribution in [0.1, 0.15) is 12.8 Å². The van der Waals surface area contributed by atoms with Crippen molar-refractivity contribution in [3.05, 3.63) is 24.5 Å². The molecule has 2 amide bonds. The number of nitrogens with one attached hydrogen (secondary N) is 1. The Labute approximate surface area is 125 Å². The molecule has 1 saturated heterocycles. The van der Waals surface area contributed by atoms with E-state index in [1.165, 1.54) is 7.11 Å². The molecule has 2 heterocycles. The van der Waals surface area contributed by atoms with Crippen LogP contribution in [-0.4, -0.2) is 54.6 Å². The zero-order valence-corrected chi connectivity index (χ0v) is 12.5. The average molecular weight is 293 g/mol. The molecule has 1 aliphatic heterocycles. The first-order valence-electron chi connectivity index (χ1n) is 7.36. The third-order valence-electron chi connectivity index (χ3n) is 3.75. The zero-order chi connectivity index (χ0) is 15.1. The molecule has 2 rings (SSSR count). The van der Waals surface area contributed by atoms with Crippen molar-refractivity contribution < 1.29 is 14.3 Å². The van der Waals surface area contributed by atoms with Gasteiger partial charge < -0.3 is 19.5 Å². The monoisotopic (exact) mass is 293 g/mol. The van der Waals surface area contributed by atoms with Crippen LogP contribution in [0.4, 0.5) is 0 Å². The van der Waals surface area contributed by atoms with Crippen molar-refractivity contribution in [3.8, 4) is 0 Å². The summed E-state index contributed by atoms with van der Waals surface area (Å²) in [5, 5.41) is 2.95. The van der Waals surface area contributed by atoms with E-state index in [4.69, 9.17) is 4.74 Å². The molecule has 6 heteroatoms. The van der Waals surface area contributed by atoms with Crippen LogP contribution in [0.3, 0.4) is 0 Å². The lowest BCUT2D eigenvalue weighted by atomic mass is 9.97. The number of likely N-dealkylation sites (tertiary alicyclic amines) is 1. The van der Waals surface area contributed by atoms with Gasteiger partial charge in [0.25, 0.3) is 0 Å². The van der Waals surface area contributed by atoms with Crippen molar-refractivity contribution in [2.45, 2.75) is 19.4 Å². The van der Waals surface area contributed by atoms with E-state index in [1.54, 1.807) is 4.90 Å². The summed E-state index contributed by atoms with van der Waals surface area (Å²) in [6, 6.07) is 3.92. The number of carbonyl (C=O) groups is 2. The topological polar surface area (TPSA) is 63.6 Å². The lowest BCUT2D eigenvalue weighted by molar-refractivity contribution is -0.138. The summed E-state index contributed by atoms with van der Waals surface area (Å²) in [7, 11) is 1.51. The van der Waals surface area contributed by atoms with Gasteiger partial charge in [0, 0.05) is 45.7 Å². The van der Waals surface area contributed by atoms with Gasteiger partial charge in [0.2, 0.25) is 11.8 Å². The fraction of sp³-hybridized carbons (Fsp3) is 0.600. The molecule has 0 spiro atoms. The highest BCUT2D eigenvalue weighted by Gasteiger charge is 2.27. The molecule has 0 aromatic carbocycles. The third-order valence-corrected chi connectivity index (χ3v) is 3.75. The van der Waals surface area contributed by atoms with Gasteiger partial charge in [0.05, 0.1) is 5.92 Å². The minimum atomic E-state index is -0.107. The number of aromatic nitrogens is 1. The summed E-state index contributed by atoms with van der Waals surface area (Å²) in [5.41, 5.74) is 0. The van der Waals surface area contributed by atoms with Crippen LogP contribution >= 0.6 is 0 Å². The lowest BCUT2D eigenvalue weighted by Crippen LogP contribution is -2.46. The number of piperidine rings is 1. The van der Waals surface area contributed by atoms with Gasteiger partial charge in [-0.05, 0) is 25.0 Å². The molecule has 1 aromatic heterocycles. The molecular formula is C15H23N3O3. The predicted molar refractivity (Wildman–Crippen MR) is 78.6 cm³/mol. The van der Waals surface area contributed by atoms with E-state index in [9.17, 15) is 9.59 Å². The van der Waals surface area contributed by atoms with Crippen LogP contribution in [0.2, 0.25) is 0 Å². The number of nitrogens with zero attached hydrogens (tertiary/aromatic N) is 2. The Morgan fingerprint density at radius 1 is 1.33 bits per heavy atom. The number of ether oxygens (including phenoxy) is 1. The number of methoxy groups -OCH3 is 1. The maximum Gasteiger partial charge on any atom is 0.248 e. The minimum absolute atomic E-state index is 0.0390. The Kier molecular flexibility index (Phi) is 5.80. The van der Waals surface area contributed by atoms with Gasteiger partial charge in [-0.1, -0.05) is 0 Å². The smallest absolute Gasteiger partial charge is 0.248 e. The summed E-state index contributed by atoms with van der Waals surface area (Å²) < 4.78 is 6.89. The van der Waals surface area contributed by atoms with E-state index in [2.05, 4.69) is 5.32 Å². The number of amides is 2. The zero-order valence-electron chi connectivity index (χ0n) is 12.5. The quantitative estimate of drug-likeness (QED) is 0.830. The van der Waals surface area contributed by atoms with Crippen molar-refractivity contribution >= 4 is 11.8 Å². The maximum atomic E-state index is 12.2. The second kappa shape index (κ2) is 7.83. The molecule has 1 N–H and O–H groups in total. The molecule has 6 nitrogen and oxygen atoms in total. The van der Waals surface area contributed by atoms with Gasteiger partial charge in [0.15, 0.2) is 0 Å². The highest BCUT2D eigenvalue weighted by molar-refractivity contribution is 5.81. The Bertz CT molecular complexity index is 459. The Morgan fingerprint density at radius 2 is 2.10 bits per heavy atom. The summed E-state index contributed by atoms with van der Waals surface area (Å²) in [6.07, 6.45) is 5.65. The highest BCUT2D eigenvalue weighted by Crippen LogP contribution is 2.16. The minimum Gasteiger partial charge on any atom is -0.375 e. The van der Waals surface area contributed by atoms with Crippen molar-refractivity contribution in [1.82, 2.24) is 14.8 Å². The Morgan fingerprint density at radius 3 is 2.81 bits per heavy atom. The molecule has 0 aliphatic carbocycles. The molecule has 0 saturated carbocycles. The summed E-state index contributed by atoms with van der Waals surface area (Å²) >= 11 is 0. The third kappa shape index (κ3) is 4.60. The predicted octanol–water partition coefficient (Wildman–Crippen LogP) is 0.489. The number of hydrogen-bond donors (Lipinski definition) is 1. The van der Waals surface area contributed by atoms with E-state index in [-0.39, 0.29) is 24.3 Å². The fourth-order valence-corrected chi connectivity index (χ4v) is 2.60. The molecule has 1 aliphatic rings. The molecule has 1 unspecified atom stereocenters. The van der Waals surface area contributed by atoms with E-state index in [0.29, 0.717) is 13.1 Å². The maximum absolute atomic E-state index is 12.2. The van der Waals surface area contributed by atoms with Gasteiger partial charge in [-0.2, -0.15) is 0 Å². The number of carbonyl (C=O) groups excluding carboxylic acids is 2. The van der Waals surface area contributed by atoms with Crippen molar-refractivity contribution in [2.24, 2.45) is 5.92 Å². The van der Waals surface area contributed by atoms with Crippen LogP contribution in [0.15, 0.2) is 24.5 Å². The number of hydrogen-bond acceptors (Lipinski definition) is 3. The molecular weight excluding hydrogens is 270 g/mol. The molecule has 1 atom stereocenters. The lowest BCUT2D eigenvalue weighted by Gasteiger charge is -2.31. The van der Waals surface area contributed by atoms with Gasteiger partial charge in [-0.3, -0.25) is 9.59 Å². The van der Waals surface area contributed by atoms with E-state index >= 15 is 0 Å². The summed E-state index contributed by atoms with van der Waals surface area (Å²) in [5.74, 6) is -0.108. The van der Waals surface area contributed by atoms with Gasteiger partial charge in [-0.25, -0.2) is 0 Å². The fourth-order valence-electron chi connectivity index (χ4n) is 2.60. The second-order valence-corrected chi connectivity index (χ2v) is 5.32. The molecule has 116 valence electrons. The molecule has 1 aromatic rings. The molecule has 1 fully saturated rings. The first-order valence-corrected chi connectivity index (χ1v) is 7.36. The summed E-state index contributed by atoms with van der Waals surface area (Å²) in [6.45, 7) is 2.67. The normalized spacial score (nSPS) is 18.5.